The Balaban J connectivity index is 1.55. The lowest BCUT2D eigenvalue weighted by molar-refractivity contribution is -0.116. The molecule has 0 radical (unpaired) electrons. The Hall–Kier alpha value is -3.14. The van der Waals surface area contributed by atoms with Crippen LogP contribution in [0.5, 0.6) is 0 Å². The quantitative estimate of drug-likeness (QED) is 0.732. The van der Waals surface area contributed by atoms with E-state index in [9.17, 15) is 4.79 Å². The molecule has 0 fully saturated rings. The van der Waals surface area contributed by atoms with Gasteiger partial charge < -0.3 is 5.32 Å². The third-order valence-corrected chi connectivity index (χ3v) is 3.77. The molecule has 120 valence electrons. The molecule has 0 bridgehead atoms. The lowest BCUT2D eigenvalue weighted by Crippen LogP contribution is -2.20. The van der Waals surface area contributed by atoms with Gasteiger partial charge in [-0.3, -0.25) is 4.79 Å². The fourth-order valence-electron chi connectivity index (χ4n) is 2.38. The number of benzene rings is 2. The predicted octanol–water partition coefficient (Wildman–Crippen LogP) is 3.51. The number of aryl methyl sites for hydroxylation is 1. The summed E-state index contributed by atoms with van der Waals surface area (Å²) < 4.78 is 1.80. The number of carbonyl (C=O) groups excluding carboxylic acids is 1. The van der Waals surface area contributed by atoms with Crippen molar-refractivity contribution in [2.45, 2.75) is 13.5 Å². The van der Waals surface area contributed by atoms with Crippen LogP contribution in [0.1, 0.15) is 16.7 Å². The molecule has 0 saturated carbocycles. The van der Waals surface area contributed by atoms with Gasteiger partial charge in [-0.25, -0.2) is 4.68 Å². The van der Waals surface area contributed by atoms with E-state index < -0.39 is 0 Å². The van der Waals surface area contributed by atoms with Crippen LogP contribution in [-0.2, 0) is 11.3 Å². The minimum absolute atomic E-state index is 0.102. The highest BCUT2D eigenvalue weighted by molar-refractivity contribution is 5.91. The number of hydrogen-bond donors (Lipinski definition) is 1. The van der Waals surface area contributed by atoms with Crippen molar-refractivity contribution in [2.24, 2.45) is 0 Å². The van der Waals surface area contributed by atoms with Gasteiger partial charge in [0.15, 0.2) is 0 Å². The molecule has 1 N–H and O–H groups in total. The van der Waals surface area contributed by atoms with E-state index in [-0.39, 0.29) is 5.91 Å². The van der Waals surface area contributed by atoms with Crippen molar-refractivity contribution in [3.63, 3.8) is 0 Å². The van der Waals surface area contributed by atoms with E-state index in [1.54, 1.807) is 17.0 Å². The first kappa shape index (κ1) is 15.7. The van der Waals surface area contributed by atoms with Crippen molar-refractivity contribution in [3.05, 3.63) is 89.8 Å². The Morgan fingerprint density at radius 3 is 2.62 bits per heavy atom. The Morgan fingerprint density at radius 2 is 1.92 bits per heavy atom. The summed E-state index contributed by atoms with van der Waals surface area (Å²) in [6, 6.07) is 17.8. The third kappa shape index (κ3) is 3.98. The Kier molecular flexibility index (Phi) is 4.87. The van der Waals surface area contributed by atoms with Gasteiger partial charge in [0.25, 0.3) is 0 Å². The Morgan fingerprint density at radius 1 is 1.12 bits per heavy atom. The maximum Gasteiger partial charge on any atom is 0.244 e. The fourth-order valence-corrected chi connectivity index (χ4v) is 2.38. The average Bonchev–Trinajstić information content (AvgIpc) is 3.14. The molecule has 3 rings (SSSR count). The van der Waals surface area contributed by atoms with Gasteiger partial charge >= 0.3 is 0 Å². The number of nitrogens with one attached hydrogen (secondary N) is 1. The number of hydrogen-bond acceptors (Lipinski definition) is 2. The smallest absolute Gasteiger partial charge is 0.244 e. The van der Waals surface area contributed by atoms with Crippen LogP contribution in [0.3, 0.4) is 0 Å². The van der Waals surface area contributed by atoms with E-state index in [1.807, 2.05) is 73.8 Å². The van der Waals surface area contributed by atoms with Gasteiger partial charge in [0, 0.05) is 25.0 Å². The Labute approximate surface area is 141 Å². The summed E-state index contributed by atoms with van der Waals surface area (Å²) in [5.41, 5.74) is 4.24. The lowest BCUT2D eigenvalue weighted by Gasteiger charge is -2.05. The number of amides is 1. The van der Waals surface area contributed by atoms with Gasteiger partial charge in [-0.05, 0) is 47.9 Å². The zero-order chi connectivity index (χ0) is 16.8. The SMILES string of the molecule is Cc1ccccc1/C=C/C(=O)NCc1ccc(-n2cccn2)cc1. The predicted molar refractivity (Wildman–Crippen MR) is 95.6 cm³/mol. The second kappa shape index (κ2) is 7.42. The first-order valence-electron chi connectivity index (χ1n) is 7.83. The van der Waals surface area contributed by atoms with E-state index in [2.05, 4.69) is 10.4 Å². The number of carbonyl (C=O) groups is 1. The molecule has 0 saturated heterocycles. The average molecular weight is 317 g/mol. The zero-order valence-corrected chi connectivity index (χ0v) is 13.5. The first-order chi connectivity index (χ1) is 11.7. The molecule has 24 heavy (non-hydrogen) atoms. The third-order valence-electron chi connectivity index (χ3n) is 3.77. The number of nitrogens with zero attached hydrogens (tertiary/aromatic N) is 2. The van der Waals surface area contributed by atoms with E-state index in [1.165, 1.54) is 0 Å². The number of aromatic nitrogens is 2. The van der Waals surface area contributed by atoms with Crippen molar-refractivity contribution in [1.82, 2.24) is 15.1 Å². The zero-order valence-electron chi connectivity index (χ0n) is 13.5. The summed E-state index contributed by atoms with van der Waals surface area (Å²) in [6.07, 6.45) is 7.05. The molecular formula is C20H19N3O. The largest absolute Gasteiger partial charge is 0.348 e. The molecule has 2 aromatic carbocycles. The van der Waals surface area contributed by atoms with Gasteiger partial charge in [-0.2, -0.15) is 5.10 Å². The molecule has 0 aliphatic rings. The van der Waals surface area contributed by atoms with Gasteiger partial charge in [-0.15, -0.1) is 0 Å². The van der Waals surface area contributed by atoms with Crippen LogP contribution in [-0.4, -0.2) is 15.7 Å². The summed E-state index contributed by atoms with van der Waals surface area (Å²) in [5, 5.41) is 7.08. The monoisotopic (exact) mass is 317 g/mol. The van der Waals surface area contributed by atoms with Gasteiger partial charge in [0.05, 0.1) is 5.69 Å². The summed E-state index contributed by atoms with van der Waals surface area (Å²) in [5.74, 6) is -0.102. The van der Waals surface area contributed by atoms with Crippen LogP contribution in [0.2, 0.25) is 0 Å². The molecule has 1 amide bonds. The van der Waals surface area contributed by atoms with Gasteiger partial charge in [0.1, 0.15) is 0 Å². The first-order valence-corrected chi connectivity index (χ1v) is 7.83. The highest BCUT2D eigenvalue weighted by Gasteiger charge is 2.00. The van der Waals surface area contributed by atoms with Crippen LogP contribution in [0, 0.1) is 6.92 Å². The van der Waals surface area contributed by atoms with Crippen LogP contribution in [0.15, 0.2) is 73.1 Å². The topological polar surface area (TPSA) is 46.9 Å². The van der Waals surface area contributed by atoms with E-state index in [0.717, 1.165) is 22.4 Å². The Bertz CT molecular complexity index is 834. The fraction of sp³-hybridized carbons (Fsp3) is 0.100. The van der Waals surface area contributed by atoms with E-state index >= 15 is 0 Å². The van der Waals surface area contributed by atoms with Crippen LogP contribution < -0.4 is 5.32 Å². The maximum absolute atomic E-state index is 11.9. The van der Waals surface area contributed by atoms with Gasteiger partial charge in [0.2, 0.25) is 5.91 Å². The van der Waals surface area contributed by atoms with Crippen molar-refractivity contribution < 1.29 is 4.79 Å². The summed E-state index contributed by atoms with van der Waals surface area (Å²) in [7, 11) is 0. The molecule has 0 aliphatic heterocycles. The minimum atomic E-state index is -0.102. The second-order valence-electron chi connectivity index (χ2n) is 5.52. The highest BCUT2D eigenvalue weighted by Crippen LogP contribution is 2.10. The molecule has 1 heterocycles. The van der Waals surface area contributed by atoms with Crippen LogP contribution in [0.4, 0.5) is 0 Å². The molecule has 4 nitrogen and oxygen atoms in total. The molecular weight excluding hydrogens is 298 g/mol. The summed E-state index contributed by atoms with van der Waals surface area (Å²) >= 11 is 0. The lowest BCUT2D eigenvalue weighted by atomic mass is 10.1. The maximum atomic E-state index is 11.9. The van der Waals surface area contributed by atoms with Crippen LogP contribution >= 0.6 is 0 Å². The second-order valence-corrected chi connectivity index (χ2v) is 5.52. The van der Waals surface area contributed by atoms with Crippen molar-refractivity contribution in [2.75, 3.05) is 0 Å². The van der Waals surface area contributed by atoms with Crippen LogP contribution in [0.25, 0.3) is 11.8 Å². The molecule has 0 atom stereocenters. The molecule has 3 aromatic rings. The molecule has 4 heteroatoms. The van der Waals surface area contributed by atoms with E-state index in [0.29, 0.717) is 6.54 Å². The summed E-state index contributed by atoms with van der Waals surface area (Å²) in [4.78, 5) is 11.9. The summed E-state index contributed by atoms with van der Waals surface area (Å²) in [6.45, 7) is 2.52. The van der Waals surface area contributed by atoms with Crippen molar-refractivity contribution in [1.29, 1.82) is 0 Å². The van der Waals surface area contributed by atoms with Gasteiger partial charge in [-0.1, -0.05) is 36.4 Å². The molecule has 0 spiro atoms. The normalized spacial score (nSPS) is 10.9. The standard InChI is InChI=1S/C20H19N3O/c1-16-5-2-3-6-18(16)9-12-20(24)21-15-17-7-10-19(11-8-17)23-14-4-13-22-23/h2-14H,15H2,1H3,(H,21,24)/b12-9+. The minimum Gasteiger partial charge on any atom is -0.348 e. The van der Waals surface area contributed by atoms with Crippen molar-refractivity contribution >= 4 is 12.0 Å². The molecule has 0 unspecified atom stereocenters. The van der Waals surface area contributed by atoms with E-state index in [4.69, 9.17) is 0 Å². The van der Waals surface area contributed by atoms with Crippen molar-refractivity contribution in [3.8, 4) is 5.69 Å². The highest BCUT2D eigenvalue weighted by atomic mass is 16.1. The number of rotatable bonds is 5. The molecule has 1 aromatic heterocycles. The molecule has 0 aliphatic carbocycles.